The Balaban J connectivity index is 0.000000980. The van der Waals surface area contributed by atoms with Gasteiger partial charge in [0.15, 0.2) is 0 Å². The molecule has 0 bridgehead atoms. The van der Waals surface area contributed by atoms with Gasteiger partial charge in [0.05, 0.1) is 0 Å². The maximum Gasteiger partial charge on any atom is 0.123 e. The van der Waals surface area contributed by atoms with Crippen molar-refractivity contribution in [2.24, 2.45) is 0 Å². The maximum atomic E-state index is 12.9. The lowest BCUT2D eigenvalue weighted by molar-refractivity contribution is 0.442. The Morgan fingerprint density at radius 3 is 2.43 bits per heavy atom. The van der Waals surface area contributed by atoms with E-state index >= 15 is 0 Å². The zero-order chi connectivity index (χ0) is 9.10. The maximum absolute atomic E-state index is 12.9. The SMILES string of the molecule is Cl.Fc1cccc(C2CCCCC2)c1. The van der Waals surface area contributed by atoms with E-state index in [-0.39, 0.29) is 18.2 Å². The summed E-state index contributed by atoms with van der Waals surface area (Å²) in [6, 6.07) is 7.08. The second-order valence-corrected chi connectivity index (χ2v) is 3.89. The molecule has 0 nitrogen and oxygen atoms in total. The second kappa shape index (κ2) is 5.35. The molecular formula is C12H16ClF. The minimum Gasteiger partial charge on any atom is -0.207 e. The van der Waals surface area contributed by atoms with Gasteiger partial charge >= 0.3 is 0 Å². The van der Waals surface area contributed by atoms with E-state index in [0.29, 0.717) is 5.92 Å². The minimum atomic E-state index is -0.0944. The van der Waals surface area contributed by atoms with Crippen LogP contribution in [0.3, 0.4) is 0 Å². The van der Waals surface area contributed by atoms with Crippen LogP contribution in [0.4, 0.5) is 4.39 Å². The van der Waals surface area contributed by atoms with Gasteiger partial charge in [-0.25, -0.2) is 4.39 Å². The van der Waals surface area contributed by atoms with Crippen LogP contribution in [-0.4, -0.2) is 0 Å². The largest absolute Gasteiger partial charge is 0.207 e. The van der Waals surface area contributed by atoms with Gasteiger partial charge in [-0.3, -0.25) is 0 Å². The summed E-state index contributed by atoms with van der Waals surface area (Å²) in [7, 11) is 0. The Bertz CT molecular complexity index is 279. The smallest absolute Gasteiger partial charge is 0.123 e. The lowest BCUT2D eigenvalue weighted by atomic mass is 9.84. The summed E-state index contributed by atoms with van der Waals surface area (Å²) in [5, 5.41) is 0. The summed E-state index contributed by atoms with van der Waals surface area (Å²) in [4.78, 5) is 0. The summed E-state index contributed by atoms with van der Waals surface area (Å²) in [6.45, 7) is 0. The average Bonchev–Trinajstić information content (AvgIpc) is 2.19. The van der Waals surface area contributed by atoms with Crippen LogP contribution in [0.15, 0.2) is 24.3 Å². The second-order valence-electron chi connectivity index (χ2n) is 3.89. The fourth-order valence-corrected chi connectivity index (χ4v) is 2.20. The van der Waals surface area contributed by atoms with Crippen molar-refractivity contribution in [3.63, 3.8) is 0 Å². The summed E-state index contributed by atoms with van der Waals surface area (Å²) in [5.74, 6) is 0.521. The average molecular weight is 215 g/mol. The number of hydrogen-bond donors (Lipinski definition) is 0. The van der Waals surface area contributed by atoms with E-state index in [1.54, 1.807) is 6.07 Å². The van der Waals surface area contributed by atoms with E-state index in [9.17, 15) is 4.39 Å². The van der Waals surface area contributed by atoms with Crippen LogP contribution in [0.5, 0.6) is 0 Å². The molecular weight excluding hydrogens is 199 g/mol. The first-order valence-corrected chi connectivity index (χ1v) is 5.12. The molecule has 0 heterocycles. The van der Waals surface area contributed by atoms with Crippen LogP contribution < -0.4 is 0 Å². The zero-order valence-electron chi connectivity index (χ0n) is 8.21. The van der Waals surface area contributed by atoms with Crippen molar-refractivity contribution in [1.29, 1.82) is 0 Å². The number of hydrogen-bond acceptors (Lipinski definition) is 0. The van der Waals surface area contributed by atoms with Gasteiger partial charge in [-0.2, -0.15) is 0 Å². The third-order valence-corrected chi connectivity index (χ3v) is 2.93. The molecule has 1 aliphatic carbocycles. The van der Waals surface area contributed by atoms with Crippen LogP contribution in [0, 0.1) is 5.82 Å². The van der Waals surface area contributed by atoms with Crippen molar-refractivity contribution in [3.8, 4) is 0 Å². The van der Waals surface area contributed by atoms with E-state index in [0.717, 1.165) is 0 Å². The summed E-state index contributed by atoms with van der Waals surface area (Å²) in [6.07, 6.45) is 6.45. The molecule has 1 aliphatic rings. The summed E-state index contributed by atoms with van der Waals surface area (Å²) >= 11 is 0. The Labute approximate surface area is 90.9 Å². The molecule has 0 saturated heterocycles. The molecule has 0 amide bonds. The Kier molecular flexibility index (Phi) is 4.40. The van der Waals surface area contributed by atoms with E-state index < -0.39 is 0 Å². The van der Waals surface area contributed by atoms with Crippen LogP contribution >= 0.6 is 12.4 Å². The molecule has 1 aromatic carbocycles. The Morgan fingerprint density at radius 1 is 1.07 bits per heavy atom. The third-order valence-electron chi connectivity index (χ3n) is 2.93. The molecule has 0 spiro atoms. The molecule has 0 N–H and O–H groups in total. The van der Waals surface area contributed by atoms with Gasteiger partial charge in [-0.05, 0) is 36.5 Å². The molecule has 14 heavy (non-hydrogen) atoms. The van der Waals surface area contributed by atoms with E-state index in [1.165, 1.54) is 43.7 Å². The predicted molar refractivity (Wildman–Crippen MR) is 59.5 cm³/mol. The first kappa shape index (κ1) is 11.5. The molecule has 1 saturated carbocycles. The van der Waals surface area contributed by atoms with Crippen molar-refractivity contribution in [2.75, 3.05) is 0 Å². The van der Waals surface area contributed by atoms with E-state index in [1.807, 2.05) is 6.07 Å². The van der Waals surface area contributed by atoms with Gasteiger partial charge in [0.1, 0.15) is 5.82 Å². The molecule has 0 atom stereocenters. The highest BCUT2D eigenvalue weighted by molar-refractivity contribution is 5.85. The third kappa shape index (κ3) is 2.71. The molecule has 0 aromatic heterocycles. The van der Waals surface area contributed by atoms with Crippen molar-refractivity contribution in [3.05, 3.63) is 35.6 Å². The standard InChI is InChI=1S/C12H15F.ClH/c13-12-8-4-7-11(9-12)10-5-2-1-3-6-10;/h4,7-10H,1-3,5-6H2;1H. The van der Waals surface area contributed by atoms with Crippen LogP contribution in [0.2, 0.25) is 0 Å². The Morgan fingerprint density at radius 2 is 1.79 bits per heavy atom. The summed E-state index contributed by atoms with van der Waals surface area (Å²) < 4.78 is 12.9. The molecule has 2 heteroatoms. The molecule has 0 unspecified atom stereocenters. The predicted octanol–water partition coefficient (Wildman–Crippen LogP) is 4.30. The molecule has 78 valence electrons. The normalized spacial score (nSPS) is 17.5. The molecule has 0 radical (unpaired) electrons. The molecule has 1 fully saturated rings. The lowest BCUT2D eigenvalue weighted by Crippen LogP contribution is -2.04. The van der Waals surface area contributed by atoms with Gasteiger partial charge in [-0.1, -0.05) is 31.4 Å². The van der Waals surface area contributed by atoms with Crippen LogP contribution in [-0.2, 0) is 0 Å². The first-order chi connectivity index (χ1) is 6.36. The highest BCUT2D eigenvalue weighted by Crippen LogP contribution is 2.32. The van der Waals surface area contributed by atoms with Crippen LogP contribution in [0.25, 0.3) is 0 Å². The Hall–Kier alpha value is -0.560. The van der Waals surface area contributed by atoms with Crippen molar-refractivity contribution in [2.45, 2.75) is 38.0 Å². The van der Waals surface area contributed by atoms with Crippen molar-refractivity contribution in [1.82, 2.24) is 0 Å². The van der Waals surface area contributed by atoms with Gasteiger partial charge < -0.3 is 0 Å². The summed E-state index contributed by atoms with van der Waals surface area (Å²) in [5.41, 5.74) is 1.19. The molecule has 1 aromatic rings. The highest BCUT2D eigenvalue weighted by Gasteiger charge is 2.15. The van der Waals surface area contributed by atoms with Gasteiger partial charge in [-0.15, -0.1) is 12.4 Å². The van der Waals surface area contributed by atoms with Crippen molar-refractivity contribution >= 4 is 12.4 Å². The zero-order valence-corrected chi connectivity index (χ0v) is 9.02. The number of benzene rings is 1. The van der Waals surface area contributed by atoms with Crippen LogP contribution in [0.1, 0.15) is 43.6 Å². The van der Waals surface area contributed by atoms with Gasteiger partial charge in [0, 0.05) is 0 Å². The number of rotatable bonds is 1. The molecule has 0 aliphatic heterocycles. The minimum absolute atomic E-state index is 0. The number of halogens is 2. The monoisotopic (exact) mass is 214 g/mol. The van der Waals surface area contributed by atoms with E-state index in [4.69, 9.17) is 0 Å². The quantitative estimate of drug-likeness (QED) is 0.654. The van der Waals surface area contributed by atoms with Crippen molar-refractivity contribution < 1.29 is 4.39 Å². The topological polar surface area (TPSA) is 0 Å². The fourth-order valence-electron chi connectivity index (χ4n) is 2.20. The van der Waals surface area contributed by atoms with Gasteiger partial charge in [0.25, 0.3) is 0 Å². The first-order valence-electron chi connectivity index (χ1n) is 5.12. The van der Waals surface area contributed by atoms with E-state index in [2.05, 4.69) is 6.07 Å². The highest BCUT2D eigenvalue weighted by atomic mass is 35.5. The van der Waals surface area contributed by atoms with Gasteiger partial charge in [0.2, 0.25) is 0 Å². The fraction of sp³-hybridized carbons (Fsp3) is 0.500. The molecule has 2 rings (SSSR count). The lowest BCUT2D eigenvalue weighted by Gasteiger charge is -2.21.